The van der Waals surface area contributed by atoms with E-state index < -0.39 is 7.75 Å². The van der Waals surface area contributed by atoms with Gasteiger partial charge in [-0.25, -0.2) is 9.24 Å². The van der Waals surface area contributed by atoms with Crippen molar-refractivity contribution in [3.05, 3.63) is 0 Å². The smallest absolute Gasteiger partial charge is 0.379 e. The van der Waals surface area contributed by atoms with Crippen LogP contribution in [0.4, 0.5) is 0 Å². The number of ether oxygens (including phenoxy) is 1. The second-order valence-electron chi connectivity index (χ2n) is 2.08. The Hall–Kier alpha value is 0.0700. The second-order valence-corrected chi connectivity index (χ2v) is 3.67. The summed E-state index contributed by atoms with van der Waals surface area (Å²) in [7, 11) is -3.99. The second kappa shape index (κ2) is 2.98. The van der Waals surface area contributed by atoms with Crippen LogP contribution in [0.25, 0.3) is 0 Å². The summed E-state index contributed by atoms with van der Waals surface area (Å²) in [5, 5.41) is 0. The first-order valence-electron chi connectivity index (χ1n) is 2.99. The summed E-state index contributed by atoms with van der Waals surface area (Å²) >= 11 is 0. The third-order valence-electron chi connectivity index (χ3n) is 1.36. The maximum atomic E-state index is 10.6. The van der Waals surface area contributed by atoms with Crippen LogP contribution >= 0.6 is 7.75 Å². The fourth-order valence-corrected chi connectivity index (χ4v) is 1.50. The van der Waals surface area contributed by atoms with Crippen LogP contribution in [0.2, 0.25) is 0 Å². The molecule has 10 heavy (non-hydrogen) atoms. The van der Waals surface area contributed by atoms with Crippen molar-refractivity contribution < 1.29 is 19.1 Å². The van der Waals surface area contributed by atoms with Crippen molar-refractivity contribution in [1.82, 2.24) is 4.67 Å². The van der Waals surface area contributed by atoms with Crippen molar-refractivity contribution >= 4 is 7.75 Å². The molecule has 0 saturated carbocycles. The Morgan fingerprint density at radius 2 is 1.80 bits per heavy atom. The molecule has 0 bridgehead atoms. The van der Waals surface area contributed by atoms with Gasteiger partial charge >= 0.3 is 7.75 Å². The first-order valence-corrected chi connectivity index (χ1v) is 4.56. The van der Waals surface area contributed by atoms with Gasteiger partial charge in [-0.2, -0.15) is 0 Å². The number of hydrogen-bond acceptors (Lipinski definition) is 2. The first kappa shape index (κ1) is 8.17. The van der Waals surface area contributed by atoms with Gasteiger partial charge in [0.15, 0.2) is 0 Å². The largest absolute Gasteiger partial charge is 0.403 e. The summed E-state index contributed by atoms with van der Waals surface area (Å²) in [6.07, 6.45) is 0. The fraction of sp³-hybridized carbons (Fsp3) is 1.00. The van der Waals surface area contributed by atoms with E-state index in [1.165, 1.54) is 0 Å². The molecule has 0 spiro atoms. The minimum absolute atomic E-state index is 0.324. The molecule has 1 rings (SSSR count). The summed E-state index contributed by atoms with van der Waals surface area (Å²) in [5.74, 6) is 0. The highest BCUT2D eigenvalue weighted by Crippen LogP contribution is 2.39. The van der Waals surface area contributed by atoms with Crippen molar-refractivity contribution in [3.63, 3.8) is 0 Å². The van der Waals surface area contributed by atoms with Crippen LogP contribution in [0.15, 0.2) is 0 Å². The molecule has 1 aliphatic heterocycles. The highest BCUT2D eigenvalue weighted by Gasteiger charge is 2.26. The van der Waals surface area contributed by atoms with E-state index in [0.29, 0.717) is 26.3 Å². The van der Waals surface area contributed by atoms with Crippen LogP contribution < -0.4 is 0 Å². The molecule has 1 heterocycles. The number of nitrogens with zero attached hydrogens (tertiary/aromatic N) is 1. The number of rotatable bonds is 1. The fourth-order valence-electron chi connectivity index (χ4n) is 0.814. The standard InChI is InChI=1S/C4H10NO4P/c6-10(7,8)5-1-3-9-4-2-5/h1-4H2,(H2,6,7,8). The van der Waals surface area contributed by atoms with E-state index in [2.05, 4.69) is 0 Å². The zero-order valence-electron chi connectivity index (χ0n) is 5.43. The van der Waals surface area contributed by atoms with Gasteiger partial charge in [0.1, 0.15) is 0 Å². The zero-order chi connectivity index (χ0) is 7.61. The third kappa shape index (κ3) is 2.04. The molecule has 0 unspecified atom stereocenters. The summed E-state index contributed by atoms with van der Waals surface area (Å²) in [4.78, 5) is 17.2. The molecule has 0 aromatic carbocycles. The van der Waals surface area contributed by atoms with Gasteiger partial charge in [-0.05, 0) is 0 Å². The van der Waals surface area contributed by atoms with Gasteiger partial charge in [-0.3, -0.25) is 0 Å². The summed E-state index contributed by atoms with van der Waals surface area (Å²) < 4.78 is 16.6. The Kier molecular flexibility index (Phi) is 2.44. The number of morpholine rings is 1. The lowest BCUT2D eigenvalue weighted by Crippen LogP contribution is -2.33. The molecule has 0 aromatic rings. The van der Waals surface area contributed by atoms with Crippen LogP contribution in [0.5, 0.6) is 0 Å². The minimum Gasteiger partial charge on any atom is -0.379 e. The van der Waals surface area contributed by atoms with Crippen LogP contribution in [0.1, 0.15) is 0 Å². The van der Waals surface area contributed by atoms with Crippen molar-refractivity contribution in [2.45, 2.75) is 0 Å². The van der Waals surface area contributed by atoms with E-state index in [0.717, 1.165) is 4.67 Å². The minimum atomic E-state index is -3.99. The summed E-state index contributed by atoms with van der Waals surface area (Å²) in [6, 6.07) is 0. The maximum absolute atomic E-state index is 10.6. The van der Waals surface area contributed by atoms with Crippen LogP contribution in [-0.2, 0) is 9.30 Å². The predicted molar refractivity (Wildman–Crippen MR) is 34.4 cm³/mol. The summed E-state index contributed by atoms with van der Waals surface area (Å²) in [6.45, 7) is 1.46. The lowest BCUT2D eigenvalue weighted by Gasteiger charge is -2.26. The highest BCUT2D eigenvalue weighted by molar-refractivity contribution is 7.49. The Morgan fingerprint density at radius 3 is 2.10 bits per heavy atom. The van der Waals surface area contributed by atoms with E-state index in [4.69, 9.17) is 14.5 Å². The molecular formula is C4H10NO4P. The average Bonchev–Trinajstić information content (AvgIpc) is 1.88. The zero-order valence-corrected chi connectivity index (χ0v) is 6.33. The van der Waals surface area contributed by atoms with Gasteiger partial charge < -0.3 is 14.5 Å². The molecular weight excluding hydrogens is 157 g/mol. The van der Waals surface area contributed by atoms with Crippen molar-refractivity contribution in [2.75, 3.05) is 26.3 Å². The third-order valence-corrected chi connectivity index (χ3v) is 2.49. The lowest BCUT2D eigenvalue weighted by atomic mass is 10.5. The molecule has 5 nitrogen and oxygen atoms in total. The van der Waals surface area contributed by atoms with Crippen molar-refractivity contribution in [1.29, 1.82) is 0 Å². The first-order chi connectivity index (χ1) is 4.61. The van der Waals surface area contributed by atoms with Gasteiger partial charge in [0, 0.05) is 13.1 Å². The monoisotopic (exact) mass is 167 g/mol. The van der Waals surface area contributed by atoms with Gasteiger partial charge in [-0.15, -0.1) is 0 Å². The SMILES string of the molecule is O=P(O)(O)N1CCOCC1. The maximum Gasteiger partial charge on any atom is 0.403 e. The normalized spacial score (nSPS) is 23.0. The molecule has 1 fully saturated rings. The van der Waals surface area contributed by atoms with E-state index in [-0.39, 0.29) is 0 Å². The van der Waals surface area contributed by atoms with Gasteiger partial charge in [-0.1, -0.05) is 0 Å². The number of hydrogen-bond donors (Lipinski definition) is 2. The highest BCUT2D eigenvalue weighted by atomic mass is 31.2. The molecule has 0 atom stereocenters. The van der Waals surface area contributed by atoms with E-state index >= 15 is 0 Å². The van der Waals surface area contributed by atoms with Crippen LogP contribution in [0.3, 0.4) is 0 Å². The molecule has 2 N–H and O–H groups in total. The average molecular weight is 167 g/mol. The molecule has 0 radical (unpaired) electrons. The molecule has 0 aliphatic carbocycles. The van der Waals surface area contributed by atoms with Crippen LogP contribution in [-0.4, -0.2) is 40.8 Å². The Balaban J connectivity index is 2.47. The molecule has 60 valence electrons. The van der Waals surface area contributed by atoms with Gasteiger partial charge in [0.05, 0.1) is 13.2 Å². The van der Waals surface area contributed by atoms with E-state index in [9.17, 15) is 4.57 Å². The topological polar surface area (TPSA) is 70.0 Å². The van der Waals surface area contributed by atoms with Gasteiger partial charge in [0.2, 0.25) is 0 Å². The Morgan fingerprint density at radius 1 is 1.30 bits per heavy atom. The van der Waals surface area contributed by atoms with Crippen molar-refractivity contribution in [3.8, 4) is 0 Å². The van der Waals surface area contributed by atoms with E-state index in [1.54, 1.807) is 0 Å². The molecule has 0 aromatic heterocycles. The molecule has 6 heteroatoms. The quantitative estimate of drug-likeness (QED) is 0.511. The Labute approximate surface area is 58.8 Å². The Bertz CT molecular complexity index is 149. The van der Waals surface area contributed by atoms with Gasteiger partial charge in [0.25, 0.3) is 0 Å². The molecule has 0 amide bonds. The summed E-state index contributed by atoms with van der Waals surface area (Å²) in [5.41, 5.74) is 0. The van der Waals surface area contributed by atoms with E-state index in [1.807, 2.05) is 0 Å². The molecule has 1 saturated heterocycles. The van der Waals surface area contributed by atoms with Crippen molar-refractivity contribution in [2.24, 2.45) is 0 Å². The molecule has 1 aliphatic rings. The predicted octanol–water partition coefficient (Wildman–Crippen LogP) is -0.589. The lowest BCUT2D eigenvalue weighted by molar-refractivity contribution is 0.0610. The van der Waals surface area contributed by atoms with Crippen LogP contribution in [0, 0.1) is 0 Å².